The third-order valence-corrected chi connectivity index (χ3v) is 4.51. The molecule has 3 rings (SSSR count). The Morgan fingerprint density at radius 3 is 2.78 bits per heavy atom. The topological polar surface area (TPSA) is 37.4 Å². The highest BCUT2D eigenvalue weighted by Crippen LogP contribution is 2.32. The summed E-state index contributed by atoms with van der Waals surface area (Å²) in [6, 6.07) is 12.5. The summed E-state index contributed by atoms with van der Waals surface area (Å²) in [7, 11) is 1.69. The predicted molar refractivity (Wildman–Crippen MR) is 96.7 cm³/mol. The van der Waals surface area contributed by atoms with Crippen molar-refractivity contribution in [2.45, 2.75) is 25.3 Å². The fourth-order valence-corrected chi connectivity index (χ4v) is 3.32. The summed E-state index contributed by atoms with van der Waals surface area (Å²) in [6.07, 6.45) is 7.05. The van der Waals surface area contributed by atoms with Crippen molar-refractivity contribution in [3.05, 3.63) is 54.4 Å². The zero-order valence-corrected chi connectivity index (χ0v) is 14.1. The van der Waals surface area contributed by atoms with E-state index >= 15 is 0 Å². The fraction of sp³-hybridized carbons (Fsp3) is 0.333. The van der Waals surface area contributed by atoms with E-state index in [1.807, 2.05) is 24.3 Å². The number of rotatable bonds is 3. The molecule has 0 spiro atoms. The third kappa shape index (κ3) is 3.79. The smallest absolute Gasteiger partial charge is 0.173 e. The van der Waals surface area contributed by atoms with Crippen LogP contribution in [0.1, 0.15) is 30.9 Å². The third-order valence-electron chi connectivity index (χ3n) is 4.18. The van der Waals surface area contributed by atoms with Crippen LogP contribution in [-0.2, 0) is 0 Å². The quantitative estimate of drug-likeness (QED) is 0.862. The van der Waals surface area contributed by atoms with Gasteiger partial charge in [0.2, 0.25) is 0 Å². The van der Waals surface area contributed by atoms with Crippen LogP contribution in [-0.4, -0.2) is 28.7 Å². The zero-order valence-electron chi connectivity index (χ0n) is 13.2. The summed E-state index contributed by atoms with van der Waals surface area (Å²) in [5, 5.41) is 4.07. The maximum atomic E-state index is 5.64. The van der Waals surface area contributed by atoms with E-state index in [4.69, 9.17) is 17.0 Å². The lowest BCUT2D eigenvalue weighted by Crippen LogP contribution is -2.41. The van der Waals surface area contributed by atoms with Crippen molar-refractivity contribution in [3.63, 3.8) is 0 Å². The number of hydrogen-bond donors (Lipinski definition) is 1. The molecule has 0 bridgehead atoms. The number of thiocarbonyl (C=S) groups is 1. The number of aromatic nitrogens is 1. The van der Waals surface area contributed by atoms with Gasteiger partial charge in [0.25, 0.3) is 0 Å². The van der Waals surface area contributed by atoms with Crippen LogP contribution in [0.2, 0.25) is 0 Å². The first-order valence-electron chi connectivity index (χ1n) is 7.89. The van der Waals surface area contributed by atoms with Gasteiger partial charge in [0.1, 0.15) is 5.75 Å². The number of likely N-dealkylation sites (tertiary alicyclic amines) is 1. The van der Waals surface area contributed by atoms with Crippen molar-refractivity contribution in [1.29, 1.82) is 0 Å². The number of piperidine rings is 1. The Bertz CT molecular complexity index is 645. The Morgan fingerprint density at radius 2 is 2.09 bits per heavy atom. The van der Waals surface area contributed by atoms with E-state index in [1.165, 1.54) is 18.4 Å². The molecule has 4 nitrogen and oxygen atoms in total. The average molecular weight is 327 g/mol. The van der Waals surface area contributed by atoms with E-state index in [0.29, 0.717) is 6.04 Å². The number of anilines is 1. The second-order valence-electron chi connectivity index (χ2n) is 5.65. The van der Waals surface area contributed by atoms with E-state index in [1.54, 1.807) is 19.5 Å². The van der Waals surface area contributed by atoms with Crippen LogP contribution in [0.15, 0.2) is 48.8 Å². The molecule has 1 aromatic carbocycles. The number of pyridine rings is 1. The SMILES string of the molecule is COc1ccc([C@@H]2CCCCN2C(=S)Nc2cccnc2)cc1. The number of ether oxygens (including phenoxy) is 1. The molecule has 0 amide bonds. The monoisotopic (exact) mass is 327 g/mol. The van der Waals surface area contributed by atoms with Crippen LogP contribution in [0.4, 0.5) is 5.69 Å². The van der Waals surface area contributed by atoms with Crippen LogP contribution < -0.4 is 10.1 Å². The first kappa shape index (κ1) is 15.7. The molecule has 1 N–H and O–H groups in total. The highest BCUT2D eigenvalue weighted by Gasteiger charge is 2.26. The van der Waals surface area contributed by atoms with Gasteiger partial charge in [-0.2, -0.15) is 0 Å². The van der Waals surface area contributed by atoms with E-state index in [-0.39, 0.29) is 0 Å². The molecule has 23 heavy (non-hydrogen) atoms. The molecule has 120 valence electrons. The average Bonchev–Trinajstić information content (AvgIpc) is 2.62. The highest BCUT2D eigenvalue weighted by molar-refractivity contribution is 7.80. The molecule has 1 saturated heterocycles. The van der Waals surface area contributed by atoms with E-state index in [2.05, 4.69) is 27.3 Å². The lowest BCUT2D eigenvalue weighted by molar-refractivity contribution is 0.248. The Balaban J connectivity index is 1.76. The van der Waals surface area contributed by atoms with Gasteiger partial charge in [0.05, 0.1) is 25.0 Å². The lowest BCUT2D eigenvalue weighted by atomic mass is 9.95. The number of methoxy groups -OCH3 is 1. The Hall–Kier alpha value is -2.14. The standard InChI is InChI=1S/C18H21N3OS/c1-22-16-9-7-14(8-10-16)17-6-2-3-12-21(17)18(23)20-15-5-4-11-19-13-15/h4-5,7-11,13,17H,2-3,6,12H2,1H3,(H,20,23)/t17-/m0/s1. The van der Waals surface area contributed by atoms with Gasteiger partial charge in [-0.05, 0) is 61.3 Å². The highest BCUT2D eigenvalue weighted by atomic mass is 32.1. The molecule has 0 radical (unpaired) electrons. The van der Waals surface area contributed by atoms with Gasteiger partial charge in [-0.3, -0.25) is 4.98 Å². The zero-order chi connectivity index (χ0) is 16.1. The van der Waals surface area contributed by atoms with Crippen molar-refractivity contribution < 1.29 is 4.74 Å². The van der Waals surface area contributed by atoms with E-state index < -0.39 is 0 Å². The number of benzene rings is 1. The van der Waals surface area contributed by atoms with Crippen molar-refractivity contribution in [2.24, 2.45) is 0 Å². The minimum absolute atomic E-state index is 0.311. The second kappa shape index (κ2) is 7.42. The Labute approximate surface area is 142 Å². The molecule has 1 aliphatic heterocycles. The molecule has 1 atom stereocenters. The first-order valence-corrected chi connectivity index (χ1v) is 8.30. The Kier molecular flexibility index (Phi) is 5.08. The predicted octanol–water partition coefficient (Wildman–Crippen LogP) is 4.01. The van der Waals surface area contributed by atoms with Gasteiger partial charge in [0.15, 0.2) is 5.11 Å². The molecule has 0 aliphatic carbocycles. The van der Waals surface area contributed by atoms with Gasteiger partial charge < -0.3 is 15.0 Å². The number of nitrogens with one attached hydrogen (secondary N) is 1. The van der Waals surface area contributed by atoms with Crippen molar-refractivity contribution in [3.8, 4) is 5.75 Å². The summed E-state index contributed by atoms with van der Waals surface area (Å²) in [5.74, 6) is 0.882. The minimum atomic E-state index is 0.311. The number of nitrogens with zero attached hydrogens (tertiary/aromatic N) is 2. The summed E-state index contributed by atoms with van der Waals surface area (Å²) in [6.45, 7) is 0.975. The van der Waals surface area contributed by atoms with Crippen LogP contribution in [0.5, 0.6) is 5.75 Å². The lowest BCUT2D eigenvalue weighted by Gasteiger charge is -2.38. The summed E-state index contributed by atoms with van der Waals surface area (Å²) >= 11 is 5.64. The summed E-state index contributed by atoms with van der Waals surface area (Å²) in [4.78, 5) is 6.41. The van der Waals surface area contributed by atoms with Gasteiger partial charge in [0, 0.05) is 12.7 Å². The van der Waals surface area contributed by atoms with E-state index in [9.17, 15) is 0 Å². The summed E-state index contributed by atoms with van der Waals surface area (Å²) in [5.41, 5.74) is 2.21. The minimum Gasteiger partial charge on any atom is -0.497 e. The van der Waals surface area contributed by atoms with Gasteiger partial charge in [-0.15, -0.1) is 0 Å². The molecule has 2 heterocycles. The molecule has 2 aromatic rings. The van der Waals surface area contributed by atoms with Crippen LogP contribution in [0.25, 0.3) is 0 Å². The molecule has 1 aliphatic rings. The maximum absolute atomic E-state index is 5.64. The van der Waals surface area contributed by atoms with Gasteiger partial charge in [-0.1, -0.05) is 12.1 Å². The van der Waals surface area contributed by atoms with Crippen LogP contribution >= 0.6 is 12.2 Å². The summed E-state index contributed by atoms with van der Waals surface area (Å²) < 4.78 is 5.25. The van der Waals surface area contributed by atoms with Crippen molar-refractivity contribution in [1.82, 2.24) is 9.88 Å². The second-order valence-corrected chi connectivity index (χ2v) is 6.04. The first-order chi connectivity index (χ1) is 11.3. The van der Waals surface area contributed by atoms with Crippen LogP contribution in [0, 0.1) is 0 Å². The van der Waals surface area contributed by atoms with Crippen molar-refractivity contribution in [2.75, 3.05) is 19.0 Å². The molecule has 1 fully saturated rings. The fourth-order valence-electron chi connectivity index (χ4n) is 2.98. The van der Waals surface area contributed by atoms with Gasteiger partial charge >= 0.3 is 0 Å². The Morgan fingerprint density at radius 1 is 1.26 bits per heavy atom. The molecule has 5 heteroatoms. The largest absolute Gasteiger partial charge is 0.497 e. The molecular weight excluding hydrogens is 306 g/mol. The molecular formula is C18H21N3OS. The molecule has 0 saturated carbocycles. The molecule has 0 unspecified atom stereocenters. The number of hydrogen-bond acceptors (Lipinski definition) is 3. The van der Waals surface area contributed by atoms with Gasteiger partial charge in [-0.25, -0.2) is 0 Å². The van der Waals surface area contributed by atoms with Crippen molar-refractivity contribution >= 4 is 23.0 Å². The van der Waals surface area contributed by atoms with Crippen LogP contribution in [0.3, 0.4) is 0 Å². The molecule has 1 aromatic heterocycles. The van der Waals surface area contributed by atoms with E-state index in [0.717, 1.165) is 29.5 Å². The maximum Gasteiger partial charge on any atom is 0.173 e. The normalized spacial score (nSPS) is 17.6.